The first kappa shape index (κ1) is 9.25. The first-order valence-electron chi connectivity index (χ1n) is 3.83. The topological polar surface area (TPSA) is 72.0 Å². The van der Waals surface area contributed by atoms with Gasteiger partial charge in [-0.2, -0.15) is 0 Å². The zero-order valence-corrected chi connectivity index (χ0v) is 7.31. The molecule has 1 rings (SSSR count). The van der Waals surface area contributed by atoms with Gasteiger partial charge in [-0.25, -0.2) is 9.97 Å². The molecule has 0 fully saturated rings. The van der Waals surface area contributed by atoms with Gasteiger partial charge in [0.05, 0.1) is 0 Å². The van der Waals surface area contributed by atoms with Gasteiger partial charge >= 0.3 is 0 Å². The van der Waals surface area contributed by atoms with Gasteiger partial charge in [-0.1, -0.05) is 12.2 Å². The van der Waals surface area contributed by atoms with Crippen LogP contribution in [0.1, 0.15) is 6.92 Å². The van der Waals surface area contributed by atoms with Crippen LogP contribution in [-0.4, -0.2) is 15.1 Å². The number of aliphatic hydroxyl groups excluding tert-OH is 1. The lowest BCUT2D eigenvalue weighted by atomic mass is 10.3. The highest BCUT2D eigenvalue weighted by molar-refractivity contribution is 5.45. The standard InChI is InChI=1S/C9H11N3O/c1-2-3-4-7-8(5-13)11-6-12-9(7)10/h2-6,13H,1H3,(H2,10,11,12)/b3-2-,7-4+,8-5-. The van der Waals surface area contributed by atoms with Crippen molar-refractivity contribution in [3.63, 3.8) is 0 Å². The van der Waals surface area contributed by atoms with Crippen LogP contribution in [0, 0.1) is 0 Å². The predicted molar refractivity (Wildman–Crippen MR) is 52.1 cm³/mol. The van der Waals surface area contributed by atoms with E-state index in [1.165, 1.54) is 6.33 Å². The van der Waals surface area contributed by atoms with Gasteiger partial charge < -0.3 is 10.8 Å². The first-order valence-corrected chi connectivity index (χ1v) is 3.83. The van der Waals surface area contributed by atoms with Crippen LogP contribution in [0.25, 0.3) is 12.3 Å². The van der Waals surface area contributed by atoms with Crippen molar-refractivity contribution in [2.45, 2.75) is 6.92 Å². The Morgan fingerprint density at radius 3 is 2.85 bits per heavy atom. The van der Waals surface area contributed by atoms with Crippen LogP contribution in [0.4, 0.5) is 5.82 Å². The van der Waals surface area contributed by atoms with Crippen LogP contribution in [0.2, 0.25) is 0 Å². The SMILES string of the molecule is C\C=C/C=c1/c(N)ncn/c1=C\O. The summed E-state index contributed by atoms with van der Waals surface area (Å²) in [7, 11) is 0. The highest BCUT2D eigenvalue weighted by Gasteiger charge is 1.91. The number of nitrogens with zero attached hydrogens (tertiary/aromatic N) is 2. The summed E-state index contributed by atoms with van der Waals surface area (Å²) in [4.78, 5) is 7.66. The molecular formula is C9H11N3O. The fraction of sp³-hybridized carbons (Fsp3) is 0.111. The lowest BCUT2D eigenvalue weighted by Gasteiger charge is -1.92. The molecule has 1 aromatic rings. The lowest BCUT2D eigenvalue weighted by Crippen LogP contribution is -2.31. The van der Waals surface area contributed by atoms with Crippen molar-refractivity contribution in [2.75, 3.05) is 5.73 Å². The number of aromatic nitrogens is 2. The molecule has 0 unspecified atom stereocenters. The quantitative estimate of drug-likeness (QED) is 0.618. The molecule has 4 heteroatoms. The van der Waals surface area contributed by atoms with Crippen LogP contribution in [0.3, 0.4) is 0 Å². The molecule has 0 amide bonds. The van der Waals surface area contributed by atoms with Gasteiger partial charge in [0, 0.05) is 5.22 Å². The van der Waals surface area contributed by atoms with Crippen molar-refractivity contribution in [3.8, 4) is 0 Å². The molecule has 1 aromatic heterocycles. The number of nitrogen functional groups attached to an aromatic ring is 1. The van der Waals surface area contributed by atoms with Gasteiger partial charge in [0.25, 0.3) is 0 Å². The monoisotopic (exact) mass is 177 g/mol. The second-order valence-electron chi connectivity index (χ2n) is 2.38. The van der Waals surface area contributed by atoms with E-state index in [1.807, 2.05) is 19.1 Å². The molecule has 4 nitrogen and oxygen atoms in total. The Bertz CT molecular complexity index is 423. The minimum absolute atomic E-state index is 0.355. The van der Waals surface area contributed by atoms with Crippen molar-refractivity contribution in [1.29, 1.82) is 0 Å². The molecule has 13 heavy (non-hydrogen) atoms. The number of nitrogens with two attached hydrogens (primary N) is 1. The molecule has 0 atom stereocenters. The van der Waals surface area contributed by atoms with E-state index in [2.05, 4.69) is 9.97 Å². The van der Waals surface area contributed by atoms with E-state index in [0.717, 1.165) is 6.26 Å². The van der Waals surface area contributed by atoms with Gasteiger partial charge in [-0.15, -0.1) is 0 Å². The molecule has 0 aliphatic carbocycles. The van der Waals surface area contributed by atoms with E-state index in [4.69, 9.17) is 10.8 Å². The predicted octanol–water partition coefficient (Wildman–Crippen LogP) is -0.289. The van der Waals surface area contributed by atoms with Crippen LogP contribution in [-0.2, 0) is 0 Å². The number of allylic oxidation sites excluding steroid dienone is 2. The zero-order valence-electron chi connectivity index (χ0n) is 7.31. The van der Waals surface area contributed by atoms with E-state index in [0.29, 0.717) is 16.4 Å². The molecule has 0 saturated heterocycles. The lowest BCUT2D eigenvalue weighted by molar-refractivity contribution is 0.537. The Labute approximate surface area is 75.8 Å². The van der Waals surface area contributed by atoms with Gasteiger partial charge in [0.15, 0.2) is 0 Å². The van der Waals surface area contributed by atoms with Gasteiger partial charge in [0.1, 0.15) is 23.8 Å². The van der Waals surface area contributed by atoms with Crippen molar-refractivity contribution in [3.05, 3.63) is 29.0 Å². The molecule has 3 N–H and O–H groups in total. The molecule has 0 aliphatic heterocycles. The van der Waals surface area contributed by atoms with E-state index >= 15 is 0 Å². The minimum atomic E-state index is 0.355. The fourth-order valence-corrected chi connectivity index (χ4v) is 0.890. The third-order valence-corrected chi connectivity index (χ3v) is 1.52. The average molecular weight is 177 g/mol. The maximum Gasteiger partial charge on any atom is 0.134 e. The van der Waals surface area contributed by atoms with E-state index in [1.54, 1.807) is 6.08 Å². The second-order valence-corrected chi connectivity index (χ2v) is 2.38. The molecule has 68 valence electrons. The van der Waals surface area contributed by atoms with Crippen LogP contribution in [0.15, 0.2) is 18.5 Å². The normalized spacial score (nSPS) is 14.2. The van der Waals surface area contributed by atoms with Crippen molar-refractivity contribution in [1.82, 2.24) is 9.97 Å². The summed E-state index contributed by atoms with van der Waals surface area (Å²) < 4.78 is 0. The third-order valence-electron chi connectivity index (χ3n) is 1.52. The summed E-state index contributed by atoms with van der Waals surface area (Å²) in [5.41, 5.74) is 5.59. The Balaban J connectivity index is 3.50. The Morgan fingerprint density at radius 1 is 1.46 bits per heavy atom. The largest absolute Gasteiger partial charge is 0.513 e. The molecule has 0 spiro atoms. The molecular weight excluding hydrogens is 166 g/mol. The summed E-state index contributed by atoms with van der Waals surface area (Å²) >= 11 is 0. The number of rotatable bonds is 1. The van der Waals surface area contributed by atoms with Gasteiger partial charge in [-0.3, -0.25) is 0 Å². The smallest absolute Gasteiger partial charge is 0.134 e. The van der Waals surface area contributed by atoms with E-state index in [-0.39, 0.29) is 0 Å². The summed E-state index contributed by atoms with van der Waals surface area (Å²) in [6.07, 6.45) is 7.63. The Hall–Kier alpha value is -1.84. The molecule has 1 heterocycles. The molecule has 0 bridgehead atoms. The minimum Gasteiger partial charge on any atom is -0.513 e. The second kappa shape index (κ2) is 4.25. The average Bonchev–Trinajstić information content (AvgIpc) is 2.15. The number of anilines is 1. The number of hydrogen-bond acceptors (Lipinski definition) is 4. The molecule has 0 aliphatic rings. The maximum atomic E-state index is 8.83. The summed E-state index contributed by atoms with van der Waals surface area (Å²) in [6.45, 7) is 1.89. The fourth-order valence-electron chi connectivity index (χ4n) is 0.890. The van der Waals surface area contributed by atoms with Crippen LogP contribution in [0.5, 0.6) is 0 Å². The number of aliphatic hydroxyl groups is 1. The summed E-state index contributed by atoms with van der Waals surface area (Å²) in [5.74, 6) is 0.355. The maximum absolute atomic E-state index is 8.83. The van der Waals surface area contributed by atoms with Crippen molar-refractivity contribution >= 4 is 18.2 Å². The third kappa shape index (κ3) is 2.05. The first-order chi connectivity index (χ1) is 6.29. The van der Waals surface area contributed by atoms with E-state index < -0.39 is 0 Å². The molecule has 0 aromatic carbocycles. The van der Waals surface area contributed by atoms with E-state index in [9.17, 15) is 0 Å². The molecule has 0 saturated carbocycles. The highest BCUT2D eigenvalue weighted by Crippen LogP contribution is 1.79. The van der Waals surface area contributed by atoms with Crippen molar-refractivity contribution in [2.24, 2.45) is 0 Å². The van der Waals surface area contributed by atoms with Crippen LogP contribution >= 0.6 is 0 Å². The molecule has 0 radical (unpaired) electrons. The Kier molecular flexibility index (Phi) is 3.03. The summed E-state index contributed by atoms with van der Waals surface area (Å²) in [5, 5.41) is 9.88. The van der Waals surface area contributed by atoms with Gasteiger partial charge in [0.2, 0.25) is 0 Å². The Morgan fingerprint density at radius 2 is 2.23 bits per heavy atom. The van der Waals surface area contributed by atoms with Gasteiger partial charge in [-0.05, 0) is 13.0 Å². The zero-order chi connectivity index (χ0) is 9.68. The number of hydrogen-bond donors (Lipinski definition) is 2. The van der Waals surface area contributed by atoms with Crippen LogP contribution < -0.4 is 16.3 Å². The highest BCUT2D eigenvalue weighted by atomic mass is 16.2. The summed E-state index contributed by atoms with van der Waals surface area (Å²) in [6, 6.07) is 0. The van der Waals surface area contributed by atoms with Crippen molar-refractivity contribution < 1.29 is 5.11 Å².